The van der Waals surface area contributed by atoms with Crippen LogP contribution in [0.4, 0.5) is 0 Å². The molecule has 0 N–H and O–H groups in total. The number of hydrogen-bond donors (Lipinski definition) is 0. The fourth-order valence-corrected chi connectivity index (χ4v) is 1.22. The second-order valence-corrected chi connectivity index (χ2v) is 3.38. The van der Waals surface area contributed by atoms with Crippen molar-refractivity contribution in [3.8, 4) is 0 Å². The summed E-state index contributed by atoms with van der Waals surface area (Å²) in [6.45, 7) is 3.94. The normalized spacial score (nSPS) is 10.8. The summed E-state index contributed by atoms with van der Waals surface area (Å²) in [6, 6.07) is 1.31. The first-order chi connectivity index (χ1) is 5.52. The molecule has 4 heteroatoms. The molecule has 0 unspecified atom stereocenters. The molecule has 0 aromatic carbocycles. The van der Waals surface area contributed by atoms with Crippen LogP contribution >= 0.6 is 11.6 Å². The van der Waals surface area contributed by atoms with E-state index in [1.807, 2.05) is 13.8 Å². The summed E-state index contributed by atoms with van der Waals surface area (Å²) in [4.78, 5) is 15.3. The zero-order valence-electron chi connectivity index (χ0n) is 7.34. The van der Waals surface area contributed by atoms with Crippen molar-refractivity contribution in [1.82, 2.24) is 9.55 Å². The maximum Gasteiger partial charge on any atom is 0.254 e. The molecule has 0 aliphatic rings. The molecule has 1 aromatic rings. The van der Waals surface area contributed by atoms with Gasteiger partial charge in [0.25, 0.3) is 5.56 Å². The van der Waals surface area contributed by atoms with E-state index in [2.05, 4.69) is 4.98 Å². The van der Waals surface area contributed by atoms with Gasteiger partial charge in [0, 0.05) is 19.0 Å². The first-order valence-electron chi connectivity index (χ1n) is 3.76. The van der Waals surface area contributed by atoms with Crippen LogP contribution in [0.1, 0.15) is 25.6 Å². The lowest BCUT2D eigenvalue weighted by molar-refractivity contribution is 0.665. The molecule has 0 fully saturated rings. The molecule has 0 atom stereocenters. The molecule has 66 valence electrons. The highest BCUT2D eigenvalue weighted by molar-refractivity contribution is 6.29. The minimum atomic E-state index is -0.112. The highest BCUT2D eigenvalue weighted by Crippen LogP contribution is 2.10. The Morgan fingerprint density at radius 3 is 2.67 bits per heavy atom. The summed E-state index contributed by atoms with van der Waals surface area (Å²) in [5.41, 5.74) is -0.112. The highest BCUT2D eigenvalue weighted by atomic mass is 35.5. The zero-order valence-corrected chi connectivity index (χ0v) is 8.09. The molecule has 0 bridgehead atoms. The van der Waals surface area contributed by atoms with Crippen LogP contribution in [0.5, 0.6) is 0 Å². The lowest BCUT2D eigenvalue weighted by atomic mass is 10.2. The Morgan fingerprint density at radius 2 is 2.17 bits per heavy atom. The molecule has 0 aliphatic heterocycles. The molecule has 12 heavy (non-hydrogen) atoms. The number of halogens is 1. The molecule has 3 nitrogen and oxygen atoms in total. The lowest BCUT2D eigenvalue weighted by Crippen LogP contribution is -2.21. The van der Waals surface area contributed by atoms with Crippen molar-refractivity contribution < 1.29 is 0 Å². The highest BCUT2D eigenvalue weighted by Gasteiger charge is 2.07. The minimum Gasteiger partial charge on any atom is -0.300 e. The van der Waals surface area contributed by atoms with Gasteiger partial charge in [0.05, 0.1) is 0 Å². The van der Waals surface area contributed by atoms with Gasteiger partial charge in [-0.25, -0.2) is 4.98 Å². The van der Waals surface area contributed by atoms with E-state index in [9.17, 15) is 4.79 Å². The molecular formula is C8H11ClN2O. The summed E-state index contributed by atoms with van der Waals surface area (Å²) < 4.78 is 1.51. The van der Waals surface area contributed by atoms with E-state index in [0.717, 1.165) is 0 Å². The predicted octanol–water partition coefficient (Wildman–Crippen LogP) is 1.56. The minimum absolute atomic E-state index is 0.112. The third-order valence-corrected chi connectivity index (χ3v) is 1.85. The van der Waals surface area contributed by atoms with Crippen LogP contribution in [0.2, 0.25) is 5.15 Å². The van der Waals surface area contributed by atoms with Crippen LogP contribution in [0.3, 0.4) is 0 Å². The molecule has 1 heterocycles. The first kappa shape index (κ1) is 9.26. The summed E-state index contributed by atoms with van der Waals surface area (Å²) in [5.74, 6) is 0.925. The van der Waals surface area contributed by atoms with Gasteiger partial charge in [-0.2, -0.15) is 0 Å². The quantitative estimate of drug-likeness (QED) is 0.624. The third kappa shape index (κ3) is 1.67. The third-order valence-electron chi connectivity index (χ3n) is 1.65. The number of aromatic nitrogens is 2. The monoisotopic (exact) mass is 186 g/mol. The average molecular weight is 187 g/mol. The van der Waals surface area contributed by atoms with E-state index in [0.29, 0.717) is 5.82 Å². The number of rotatable bonds is 1. The van der Waals surface area contributed by atoms with Gasteiger partial charge in [0.2, 0.25) is 0 Å². The topological polar surface area (TPSA) is 34.9 Å². The largest absolute Gasteiger partial charge is 0.300 e. The van der Waals surface area contributed by atoms with E-state index in [-0.39, 0.29) is 16.6 Å². The van der Waals surface area contributed by atoms with Gasteiger partial charge in [0.1, 0.15) is 11.0 Å². The SMILES string of the molecule is CC(C)c1nc(Cl)cc(=O)n1C. The Morgan fingerprint density at radius 1 is 1.58 bits per heavy atom. The molecular weight excluding hydrogens is 176 g/mol. The first-order valence-corrected chi connectivity index (χ1v) is 4.13. The van der Waals surface area contributed by atoms with E-state index in [4.69, 9.17) is 11.6 Å². The standard InChI is InChI=1S/C8H11ClN2O/c1-5(2)8-10-6(9)4-7(12)11(8)3/h4-5H,1-3H3. The van der Waals surface area contributed by atoms with Crippen molar-refractivity contribution in [2.24, 2.45) is 7.05 Å². The Bertz CT molecular complexity index is 343. The molecule has 0 saturated heterocycles. The second-order valence-electron chi connectivity index (χ2n) is 2.99. The Labute approximate surface area is 76.0 Å². The Balaban J connectivity index is 3.38. The fraction of sp³-hybridized carbons (Fsp3) is 0.500. The van der Waals surface area contributed by atoms with E-state index >= 15 is 0 Å². The van der Waals surface area contributed by atoms with Gasteiger partial charge in [-0.3, -0.25) is 9.36 Å². The maximum atomic E-state index is 11.2. The number of hydrogen-bond acceptors (Lipinski definition) is 2. The second kappa shape index (κ2) is 3.27. The smallest absolute Gasteiger partial charge is 0.254 e. The van der Waals surface area contributed by atoms with Crippen molar-refractivity contribution in [3.05, 3.63) is 27.4 Å². The predicted molar refractivity (Wildman–Crippen MR) is 48.6 cm³/mol. The van der Waals surface area contributed by atoms with E-state index in [1.165, 1.54) is 10.6 Å². The molecule has 0 amide bonds. The summed E-state index contributed by atoms with van der Waals surface area (Å²) in [5, 5.41) is 0.266. The van der Waals surface area contributed by atoms with Gasteiger partial charge in [-0.05, 0) is 0 Å². The van der Waals surface area contributed by atoms with Crippen LogP contribution in [0.25, 0.3) is 0 Å². The van der Waals surface area contributed by atoms with Crippen LogP contribution in [-0.4, -0.2) is 9.55 Å². The van der Waals surface area contributed by atoms with Gasteiger partial charge in [-0.1, -0.05) is 25.4 Å². The van der Waals surface area contributed by atoms with E-state index < -0.39 is 0 Å². The molecule has 0 spiro atoms. The van der Waals surface area contributed by atoms with Gasteiger partial charge >= 0.3 is 0 Å². The Kier molecular flexibility index (Phi) is 2.52. The number of nitrogens with zero attached hydrogens (tertiary/aromatic N) is 2. The fourth-order valence-electron chi connectivity index (χ4n) is 1.04. The van der Waals surface area contributed by atoms with Crippen LogP contribution < -0.4 is 5.56 Å². The van der Waals surface area contributed by atoms with Gasteiger partial charge < -0.3 is 0 Å². The summed E-state index contributed by atoms with van der Waals surface area (Å²) in [6.07, 6.45) is 0. The lowest BCUT2D eigenvalue weighted by Gasteiger charge is -2.09. The van der Waals surface area contributed by atoms with Crippen molar-refractivity contribution in [1.29, 1.82) is 0 Å². The maximum absolute atomic E-state index is 11.2. The molecule has 1 rings (SSSR count). The van der Waals surface area contributed by atoms with Crippen molar-refractivity contribution in [2.45, 2.75) is 19.8 Å². The van der Waals surface area contributed by atoms with E-state index in [1.54, 1.807) is 7.05 Å². The molecule has 0 radical (unpaired) electrons. The van der Waals surface area contributed by atoms with Crippen LogP contribution in [0, 0.1) is 0 Å². The Hall–Kier alpha value is -0.830. The van der Waals surface area contributed by atoms with Crippen molar-refractivity contribution in [2.75, 3.05) is 0 Å². The molecule has 1 aromatic heterocycles. The molecule has 0 saturated carbocycles. The van der Waals surface area contributed by atoms with Gasteiger partial charge in [0.15, 0.2) is 0 Å². The zero-order chi connectivity index (χ0) is 9.30. The summed E-state index contributed by atoms with van der Waals surface area (Å²) >= 11 is 5.64. The van der Waals surface area contributed by atoms with Crippen molar-refractivity contribution >= 4 is 11.6 Å². The summed E-state index contributed by atoms with van der Waals surface area (Å²) in [7, 11) is 1.70. The van der Waals surface area contributed by atoms with Gasteiger partial charge in [-0.15, -0.1) is 0 Å². The van der Waals surface area contributed by atoms with Crippen LogP contribution in [-0.2, 0) is 7.05 Å². The average Bonchev–Trinajstić information content (AvgIpc) is 1.96. The van der Waals surface area contributed by atoms with Crippen molar-refractivity contribution in [3.63, 3.8) is 0 Å². The van der Waals surface area contributed by atoms with Crippen LogP contribution in [0.15, 0.2) is 10.9 Å². The molecule has 0 aliphatic carbocycles.